The van der Waals surface area contributed by atoms with Crippen molar-refractivity contribution in [1.82, 2.24) is 10.2 Å². The van der Waals surface area contributed by atoms with Crippen LogP contribution in [0.2, 0.25) is 0 Å². The Bertz CT molecular complexity index is 821. The molecule has 0 radical (unpaired) electrons. The Balaban J connectivity index is 1.95. The third-order valence-electron chi connectivity index (χ3n) is 3.35. The van der Waals surface area contributed by atoms with Gasteiger partial charge < -0.3 is 0 Å². The highest BCUT2D eigenvalue weighted by Gasteiger charge is 2.03. The Morgan fingerprint density at radius 2 is 1.43 bits per heavy atom. The SMILES string of the molecule is Cc1cc(-c2ccc(-c3ccc(F)cc3)cc2)n[nH]c1=O. The molecule has 0 fully saturated rings. The summed E-state index contributed by atoms with van der Waals surface area (Å²) in [7, 11) is 0. The van der Waals surface area contributed by atoms with Gasteiger partial charge in [0.15, 0.2) is 0 Å². The molecule has 3 nitrogen and oxygen atoms in total. The second-order valence-electron chi connectivity index (χ2n) is 4.85. The van der Waals surface area contributed by atoms with Gasteiger partial charge in [-0.05, 0) is 36.2 Å². The van der Waals surface area contributed by atoms with Crippen LogP contribution in [-0.2, 0) is 0 Å². The molecule has 1 N–H and O–H groups in total. The van der Waals surface area contributed by atoms with Crippen LogP contribution in [0.15, 0.2) is 59.4 Å². The molecule has 0 saturated carbocycles. The van der Waals surface area contributed by atoms with Crippen molar-refractivity contribution in [3.05, 3.63) is 76.3 Å². The van der Waals surface area contributed by atoms with Gasteiger partial charge in [-0.15, -0.1) is 0 Å². The number of nitrogens with one attached hydrogen (secondary N) is 1. The normalized spacial score (nSPS) is 10.6. The first-order valence-electron chi connectivity index (χ1n) is 6.56. The summed E-state index contributed by atoms with van der Waals surface area (Å²) in [5, 5.41) is 6.51. The number of aromatic amines is 1. The molecule has 0 saturated heterocycles. The zero-order valence-corrected chi connectivity index (χ0v) is 11.4. The summed E-state index contributed by atoms with van der Waals surface area (Å²) >= 11 is 0. The van der Waals surface area contributed by atoms with Crippen LogP contribution >= 0.6 is 0 Å². The minimum Gasteiger partial charge on any atom is -0.268 e. The summed E-state index contributed by atoms with van der Waals surface area (Å²) in [6, 6.07) is 15.9. The molecule has 1 heterocycles. The van der Waals surface area contributed by atoms with E-state index in [9.17, 15) is 9.18 Å². The molecule has 1 aromatic heterocycles. The summed E-state index contributed by atoms with van der Waals surface area (Å²) in [5.74, 6) is -0.247. The Labute approximate surface area is 121 Å². The fourth-order valence-corrected chi connectivity index (χ4v) is 2.13. The molecular formula is C17H13FN2O. The molecule has 3 rings (SSSR count). The smallest absolute Gasteiger partial charge is 0.267 e. The minimum absolute atomic E-state index is 0.179. The highest BCUT2D eigenvalue weighted by Crippen LogP contribution is 2.23. The molecule has 0 unspecified atom stereocenters. The van der Waals surface area contributed by atoms with E-state index in [1.54, 1.807) is 25.1 Å². The monoisotopic (exact) mass is 280 g/mol. The van der Waals surface area contributed by atoms with E-state index >= 15 is 0 Å². The molecule has 3 aromatic rings. The maximum absolute atomic E-state index is 12.9. The zero-order chi connectivity index (χ0) is 14.8. The molecule has 0 aliphatic heterocycles. The van der Waals surface area contributed by atoms with Gasteiger partial charge in [0.2, 0.25) is 0 Å². The number of benzene rings is 2. The van der Waals surface area contributed by atoms with Gasteiger partial charge in [-0.1, -0.05) is 36.4 Å². The Morgan fingerprint density at radius 1 is 0.905 bits per heavy atom. The van der Waals surface area contributed by atoms with Crippen molar-refractivity contribution >= 4 is 0 Å². The van der Waals surface area contributed by atoms with Crippen LogP contribution < -0.4 is 5.56 Å². The van der Waals surface area contributed by atoms with Gasteiger partial charge in [-0.3, -0.25) is 4.79 Å². The number of rotatable bonds is 2. The van der Waals surface area contributed by atoms with E-state index in [1.807, 2.05) is 24.3 Å². The summed E-state index contributed by atoms with van der Waals surface area (Å²) in [6.45, 7) is 1.75. The summed E-state index contributed by atoms with van der Waals surface area (Å²) in [6.07, 6.45) is 0. The third kappa shape index (κ3) is 2.74. The first-order chi connectivity index (χ1) is 10.1. The highest BCUT2D eigenvalue weighted by molar-refractivity contribution is 5.68. The predicted octanol–water partition coefficient (Wildman–Crippen LogP) is 3.55. The molecule has 4 heteroatoms. The average molecular weight is 280 g/mol. The predicted molar refractivity (Wildman–Crippen MR) is 80.4 cm³/mol. The number of nitrogens with zero attached hydrogens (tertiary/aromatic N) is 1. The number of aromatic nitrogens is 2. The van der Waals surface area contributed by atoms with Crippen LogP contribution in [0.4, 0.5) is 4.39 Å². The van der Waals surface area contributed by atoms with E-state index in [0.717, 1.165) is 22.4 Å². The standard InChI is InChI=1S/C17H13FN2O/c1-11-10-16(19-20-17(11)21)14-4-2-12(3-5-14)13-6-8-15(18)9-7-13/h2-10H,1H3,(H,20,21). The lowest BCUT2D eigenvalue weighted by atomic mass is 10.0. The van der Waals surface area contributed by atoms with E-state index in [4.69, 9.17) is 0 Å². The number of halogens is 1. The summed E-state index contributed by atoms with van der Waals surface area (Å²) in [4.78, 5) is 11.3. The van der Waals surface area contributed by atoms with Crippen molar-refractivity contribution in [3.8, 4) is 22.4 Å². The van der Waals surface area contributed by atoms with Gasteiger partial charge >= 0.3 is 0 Å². The quantitative estimate of drug-likeness (QED) is 0.780. The zero-order valence-electron chi connectivity index (χ0n) is 11.4. The fraction of sp³-hybridized carbons (Fsp3) is 0.0588. The summed E-state index contributed by atoms with van der Waals surface area (Å²) in [5.41, 5.74) is 4.04. The first-order valence-corrected chi connectivity index (χ1v) is 6.56. The van der Waals surface area contributed by atoms with Gasteiger partial charge in [0.25, 0.3) is 5.56 Å². The van der Waals surface area contributed by atoms with Crippen molar-refractivity contribution in [3.63, 3.8) is 0 Å². The van der Waals surface area contributed by atoms with Crippen LogP contribution in [0, 0.1) is 12.7 Å². The van der Waals surface area contributed by atoms with Gasteiger partial charge in [0.1, 0.15) is 5.82 Å². The molecule has 0 spiro atoms. The highest BCUT2D eigenvalue weighted by atomic mass is 19.1. The largest absolute Gasteiger partial charge is 0.268 e. The van der Waals surface area contributed by atoms with Gasteiger partial charge in [0.05, 0.1) is 5.69 Å². The van der Waals surface area contributed by atoms with Crippen molar-refractivity contribution in [2.75, 3.05) is 0 Å². The molecular weight excluding hydrogens is 267 g/mol. The van der Waals surface area contributed by atoms with Gasteiger partial charge in [0, 0.05) is 11.1 Å². The minimum atomic E-state index is -0.247. The Kier molecular flexibility index (Phi) is 3.36. The molecule has 0 aliphatic carbocycles. The van der Waals surface area contributed by atoms with Crippen molar-refractivity contribution in [2.45, 2.75) is 6.92 Å². The molecule has 104 valence electrons. The van der Waals surface area contributed by atoms with Crippen LogP contribution in [0.1, 0.15) is 5.56 Å². The average Bonchev–Trinajstić information content (AvgIpc) is 2.51. The maximum Gasteiger partial charge on any atom is 0.267 e. The lowest BCUT2D eigenvalue weighted by molar-refractivity contribution is 0.628. The maximum atomic E-state index is 12.9. The summed E-state index contributed by atoms with van der Waals surface area (Å²) < 4.78 is 12.9. The van der Waals surface area contributed by atoms with E-state index in [-0.39, 0.29) is 11.4 Å². The molecule has 0 bridgehead atoms. The van der Waals surface area contributed by atoms with E-state index < -0.39 is 0 Å². The van der Waals surface area contributed by atoms with Crippen LogP contribution in [-0.4, -0.2) is 10.2 Å². The van der Waals surface area contributed by atoms with E-state index in [1.165, 1.54) is 12.1 Å². The molecule has 0 amide bonds. The molecule has 21 heavy (non-hydrogen) atoms. The number of hydrogen-bond acceptors (Lipinski definition) is 2. The number of hydrogen-bond donors (Lipinski definition) is 1. The topological polar surface area (TPSA) is 45.8 Å². The molecule has 0 atom stereocenters. The molecule has 0 aliphatic rings. The van der Waals surface area contributed by atoms with E-state index in [2.05, 4.69) is 10.2 Å². The van der Waals surface area contributed by atoms with Crippen LogP contribution in [0.25, 0.3) is 22.4 Å². The van der Waals surface area contributed by atoms with Crippen LogP contribution in [0.5, 0.6) is 0 Å². The van der Waals surface area contributed by atoms with Gasteiger partial charge in [-0.25, -0.2) is 9.49 Å². The fourth-order valence-electron chi connectivity index (χ4n) is 2.13. The lowest BCUT2D eigenvalue weighted by Crippen LogP contribution is -2.11. The number of H-pyrrole nitrogens is 1. The Hall–Kier alpha value is -2.75. The van der Waals surface area contributed by atoms with Gasteiger partial charge in [-0.2, -0.15) is 5.10 Å². The second-order valence-corrected chi connectivity index (χ2v) is 4.85. The van der Waals surface area contributed by atoms with Crippen molar-refractivity contribution < 1.29 is 4.39 Å². The molecule has 2 aromatic carbocycles. The number of aryl methyl sites for hydroxylation is 1. The Morgan fingerprint density at radius 3 is 2.00 bits per heavy atom. The van der Waals surface area contributed by atoms with E-state index in [0.29, 0.717) is 5.56 Å². The third-order valence-corrected chi connectivity index (χ3v) is 3.35. The lowest BCUT2D eigenvalue weighted by Gasteiger charge is -2.05. The van der Waals surface area contributed by atoms with Crippen LogP contribution in [0.3, 0.4) is 0 Å². The second kappa shape index (κ2) is 5.32. The first kappa shape index (κ1) is 13.2. The van der Waals surface area contributed by atoms with Crippen molar-refractivity contribution in [2.24, 2.45) is 0 Å². The van der Waals surface area contributed by atoms with Crippen molar-refractivity contribution in [1.29, 1.82) is 0 Å².